The molecule has 0 bridgehead atoms. The quantitative estimate of drug-likeness (QED) is 0.592. The third kappa shape index (κ3) is 3.99. The third-order valence-electron chi connectivity index (χ3n) is 4.82. The highest BCUT2D eigenvalue weighted by atomic mass is 16.4. The Labute approximate surface area is 168 Å². The van der Waals surface area contributed by atoms with Gasteiger partial charge in [-0.2, -0.15) is 0 Å². The molecule has 7 heteroatoms. The molecule has 29 heavy (non-hydrogen) atoms. The Morgan fingerprint density at radius 1 is 1.21 bits per heavy atom. The second-order valence-electron chi connectivity index (χ2n) is 7.22. The Hall–Kier alpha value is -3.61. The van der Waals surface area contributed by atoms with E-state index in [2.05, 4.69) is 10.3 Å². The van der Waals surface area contributed by atoms with Gasteiger partial charge in [-0.15, -0.1) is 0 Å². The minimum absolute atomic E-state index is 0.100. The molecule has 0 aliphatic carbocycles. The molecule has 150 valence electrons. The lowest BCUT2D eigenvalue weighted by molar-refractivity contribution is 0.0697. The Morgan fingerprint density at radius 3 is 2.59 bits per heavy atom. The number of carboxylic acid groups (broad SMARTS) is 1. The smallest absolute Gasteiger partial charge is 0.335 e. The summed E-state index contributed by atoms with van der Waals surface area (Å²) in [6.07, 6.45) is 3.63. The number of aryl methyl sites for hydroxylation is 1. The number of aromatic hydroxyl groups is 1. The van der Waals surface area contributed by atoms with Gasteiger partial charge in [-0.05, 0) is 44.0 Å². The minimum Gasteiger partial charge on any atom is -0.508 e. The number of aromatic carboxylic acids is 1. The molecule has 0 saturated heterocycles. The van der Waals surface area contributed by atoms with Gasteiger partial charge in [-0.3, -0.25) is 9.36 Å². The molecule has 0 amide bonds. The predicted molar refractivity (Wildman–Crippen MR) is 111 cm³/mol. The molecule has 3 N–H and O–H groups in total. The van der Waals surface area contributed by atoms with Gasteiger partial charge in [-0.25, -0.2) is 9.78 Å². The molecule has 1 aromatic heterocycles. The summed E-state index contributed by atoms with van der Waals surface area (Å²) < 4.78 is 1.39. The first-order valence-electron chi connectivity index (χ1n) is 9.25. The number of phenolic OH excluding ortho intramolecular Hbond substituents is 1. The fourth-order valence-electron chi connectivity index (χ4n) is 3.27. The zero-order valence-corrected chi connectivity index (χ0v) is 16.5. The number of carbonyl (C=O) groups is 1. The van der Waals surface area contributed by atoms with Crippen molar-refractivity contribution in [3.05, 3.63) is 81.9 Å². The number of nitrogens with one attached hydrogen (secondary N) is 1. The molecule has 0 atom stereocenters. The van der Waals surface area contributed by atoms with E-state index in [1.54, 1.807) is 30.3 Å². The summed E-state index contributed by atoms with van der Waals surface area (Å²) in [5.74, 6) is -0.845. The molecule has 0 radical (unpaired) electrons. The molecule has 1 heterocycles. The second-order valence-corrected chi connectivity index (χ2v) is 7.22. The zero-order valence-electron chi connectivity index (χ0n) is 16.5. The van der Waals surface area contributed by atoms with Gasteiger partial charge in [-0.1, -0.05) is 31.2 Å². The van der Waals surface area contributed by atoms with Crippen molar-refractivity contribution in [3.63, 3.8) is 0 Å². The van der Waals surface area contributed by atoms with E-state index >= 15 is 0 Å². The van der Waals surface area contributed by atoms with E-state index in [0.717, 1.165) is 5.56 Å². The van der Waals surface area contributed by atoms with Crippen molar-refractivity contribution in [1.29, 1.82) is 0 Å². The molecule has 0 aliphatic heterocycles. The van der Waals surface area contributed by atoms with Gasteiger partial charge < -0.3 is 15.5 Å². The number of hydrogen-bond donors (Lipinski definition) is 3. The van der Waals surface area contributed by atoms with Crippen LogP contribution in [0.25, 0.3) is 5.69 Å². The molecule has 0 saturated carbocycles. The van der Waals surface area contributed by atoms with Crippen LogP contribution in [0.1, 0.15) is 42.3 Å². The fourth-order valence-corrected chi connectivity index (χ4v) is 3.27. The highest BCUT2D eigenvalue weighted by Crippen LogP contribution is 2.30. The highest BCUT2D eigenvalue weighted by molar-refractivity contribution is 5.88. The molecule has 0 unspecified atom stereocenters. The molecule has 0 aliphatic rings. The van der Waals surface area contributed by atoms with Crippen LogP contribution < -0.4 is 10.9 Å². The van der Waals surface area contributed by atoms with Crippen LogP contribution in [0, 0.1) is 0 Å². The number of rotatable bonds is 6. The van der Waals surface area contributed by atoms with E-state index in [4.69, 9.17) is 0 Å². The van der Waals surface area contributed by atoms with Gasteiger partial charge in [0.1, 0.15) is 5.75 Å². The van der Waals surface area contributed by atoms with Crippen molar-refractivity contribution >= 4 is 11.8 Å². The minimum atomic E-state index is -1.06. The standard InChI is InChI=1S/C22H23N3O4/c1-4-14-9-10-15(21(28)29)13-17(14)25-12-11-23-19(20(25)27)24-22(2,3)16-7-5-6-8-18(16)26/h5-13,26H,4H2,1-3H3,(H,23,24)(H,28,29). The van der Waals surface area contributed by atoms with Crippen molar-refractivity contribution in [1.82, 2.24) is 9.55 Å². The molecule has 3 aromatic rings. The number of benzene rings is 2. The first kappa shape index (κ1) is 20.1. The van der Waals surface area contributed by atoms with Crippen LogP contribution in [0.4, 0.5) is 5.82 Å². The Balaban J connectivity index is 2.08. The summed E-state index contributed by atoms with van der Waals surface area (Å²) in [4.78, 5) is 28.7. The Morgan fingerprint density at radius 2 is 1.93 bits per heavy atom. The molecular formula is C22H23N3O4. The van der Waals surface area contributed by atoms with Crippen molar-refractivity contribution in [3.8, 4) is 11.4 Å². The first-order valence-corrected chi connectivity index (χ1v) is 9.25. The van der Waals surface area contributed by atoms with Crippen LogP contribution in [-0.4, -0.2) is 25.7 Å². The average molecular weight is 393 g/mol. The summed E-state index contributed by atoms with van der Waals surface area (Å²) in [5, 5.41) is 22.6. The van der Waals surface area contributed by atoms with Gasteiger partial charge in [0, 0.05) is 18.0 Å². The molecule has 0 fully saturated rings. The first-order chi connectivity index (χ1) is 13.7. The van der Waals surface area contributed by atoms with Gasteiger partial charge in [0.15, 0.2) is 5.82 Å². The SMILES string of the molecule is CCc1ccc(C(=O)O)cc1-n1ccnc(NC(C)(C)c2ccccc2O)c1=O. The van der Waals surface area contributed by atoms with Crippen molar-refractivity contribution in [2.75, 3.05) is 5.32 Å². The number of para-hydroxylation sites is 1. The van der Waals surface area contributed by atoms with E-state index in [-0.39, 0.29) is 17.1 Å². The lowest BCUT2D eigenvalue weighted by Crippen LogP contribution is -2.33. The largest absolute Gasteiger partial charge is 0.508 e. The molecule has 2 aromatic carbocycles. The normalized spacial score (nSPS) is 11.3. The fraction of sp³-hybridized carbons (Fsp3) is 0.227. The van der Waals surface area contributed by atoms with Crippen LogP contribution in [0.5, 0.6) is 5.75 Å². The summed E-state index contributed by atoms with van der Waals surface area (Å²) in [7, 11) is 0. The van der Waals surface area contributed by atoms with Crippen LogP contribution in [0.3, 0.4) is 0 Å². The summed E-state index contributed by atoms with van der Waals surface area (Å²) in [6, 6.07) is 11.6. The van der Waals surface area contributed by atoms with Crippen molar-refractivity contribution in [2.24, 2.45) is 0 Å². The van der Waals surface area contributed by atoms with Crippen molar-refractivity contribution in [2.45, 2.75) is 32.7 Å². The van der Waals surface area contributed by atoms with Gasteiger partial charge in [0.2, 0.25) is 0 Å². The maximum absolute atomic E-state index is 13.1. The van der Waals surface area contributed by atoms with Gasteiger partial charge in [0.25, 0.3) is 5.56 Å². The molecule has 7 nitrogen and oxygen atoms in total. The van der Waals surface area contributed by atoms with Crippen molar-refractivity contribution < 1.29 is 15.0 Å². The molecule has 3 rings (SSSR count). The van der Waals surface area contributed by atoms with E-state index in [1.807, 2.05) is 20.8 Å². The van der Waals surface area contributed by atoms with Gasteiger partial charge in [0.05, 0.1) is 16.8 Å². The van der Waals surface area contributed by atoms with E-state index < -0.39 is 17.1 Å². The number of nitrogens with zero attached hydrogens (tertiary/aromatic N) is 2. The topological polar surface area (TPSA) is 104 Å². The van der Waals surface area contributed by atoms with E-state index in [1.165, 1.54) is 29.1 Å². The number of hydrogen-bond acceptors (Lipinski definition) is 5. The number of anilines is 1. The third-order valence-corrected chi connectivity index (χ3v) is 4.82. The summed E-state index contributed by atoms with van der Waals surface area (Å²) >= 11 is 0. The Kier molecular flexibility index (Phi) is 5.41. The highest BCUT2D eigenvalue weighted by Gasteiger charge is 2.25. The second kappa shape index (κ2) is 7.79. The number of aromatic nitrogens is 2. The average Bonchev–Trinajstić information content (AvgIpc) is 2.69. The Bertz CT molecular complexity index is 1120. The van der Waals surface area contributed by atoms with Crippen LogP contribution >= 0.6 is 0 Å². The zero-order chi connectivity index (χ0) is 21.2. The van der Waals surface area contributed by atoms with E-state index in [9.17, 15) is 19.8 Å². The number of carboxylic acids is 1. The molecule has 0 spiro atoms. The van der Waals surface area contributed by atoms with Gasteiger partial charge >= 0.3 is 5.97 Å². The summed E-state index contributed by atoms with van der Waals surface area (Å²) in [5.41, 5.74) is 0.891. The lowest BCUT2D eigenvalue weighted by atomic mass is 9.93. The maximum atomic E-state index is 13.1. The van der Waals surface area contributed by atoms with Crippen LogP contribution in [0.15, 0.2) is 59.7 Å². The monoisotopic (exact) mass is 393 g/mol. The van der Waals surface area contributed by atoms with E-state index in [0.29, 0.717) is 17.7 Å². The predicted octanol–water partition coefficient (Wildman–Crippen LogP) is 3.55. The van der Waals surface area contributed by atoms with Crippen LogP contribution in [-0.2, 0) is 12.0 Å². The number of phenols is 1. The maximum Gasteiger partial charge on any atom is 0.335 e. The molecular weight excluding hydrogens is 370 g/mol. The summed E-state index contributed by atoms with van der Waals surface area (Å²) in [6.45, 7) is 5.61. The van der Waals surface area contributed by atoms with Crippen LogP contribution in [0.2, 0.25) is 0 Å². The lowest BCUT2D eigenvalue weighted by Gasteiger charge is -2.28.